The second kappa shape index (κ2) is 7.71. The van der Waals surface area contributed by atoms with Crippen LogP contribution < -0.4 is 11.1 Å². The van der Waals surface area contributed by atoms with Crippen LogP contribution in [-0.4, -0.2) is 43.8 Å². The second-order valence-electron chi connectivity index (χ2n) is 6.74. The van der Waals surface area contributed by atoms with Crippen molar-refractivity contribution in [1.82, 2.24) is 24.6 Å². The minimum Gasteiger partial charge on any atom is -0.368 e. The van der Waals surface area contributed by atoms with E-state index in [9.17, 15) is 4.39 Å². The van der Waals surface area contributed by atoms with Crippen LogP contribution in [0.5, 0.6) is 0 Å². The molecule has 2 aromatic heterocycles. The van der Waals surface area contributed by atoms with E-state index in [1.807, 2.05) is 30.5 Å². The lowest BCUT2D eigenvalue weighted by atomic mass is 10.0. The minimum absolute atomic E-state index is 0.194. The molecule has 0 unspecified atom stereocenters. The van der Waals surface area contributed by atoms with Gasteiger partial charge in [-0.15, -0.1) is 0 Å². The molecule has 7 nitrogen and oxygen atoms in total. The largest absolute Gasteiger partial charge is 0.368 e. The van der Waals surface area contributed by atoms with Gasteiger partial charge in [0, 0.05) is 44.1 Å². The van der Waals surface area contributed by atoms with Crippen molar-refractivity contribution in [2.75, 3.05) is 24.1 Å². The number of likely N-dealkylation sites (tertiary alicyclic amines) is 1. The number of aromatic nitrogens is 4. The Hall–Kier alpha value is -3.00. The van der Waals surface area contributed by atoms with Gasteiger partial charge in [0.25, 0.3) is 0 Å². The summed E-state index contributed by atoms with van der Waals surface area (Å²) in [4.78, 5) is 10.9. The molecule has 0 aliphatic carbocycles. The van der Waals surface area contributed by atoms with E-state index < -0.39 is 0 Å². The number of anilines is 2. The number of piperidine rings is 1. The summed E-state index contributed by atoms with van der Waals surface area (Å²) in [5, 5.41) is 7.65. The lowest BCUT2D eigenvalue weighted by molar-refractivity contribution is 0.211. The molecule has 8 heteroatoms. The molecule has 1 saturated heterocycles. The predicted molar refractivity (Wildman–Crippen MR) is 102 cm³/mol. The Balaban J connectivity index is 1.34. The molecule has 4 rings (SSSR count). The molecule has 0 radical (unpaired) electrons. The Morgan fingerprint density at radius 3 is 2.63 bits per heavy atom. The molecule has 3 aromatic rings. The maximum absolute atomic E-state index is 13.0. The van der Waals surface area contributed by atoms with Crippen LogP contribution in [-0.2, 0) is 6.54 Å². The van der Waals surface area contributed by atoms with E-state index in [1.165, 1.54) is 12.1 Å². The number of nitrogen functional groups attached to an aromatic ring is 1. The zero-order valence-electron chi connectivity index (χ0n) is 14.9. The number of nitrogens with one attached hydrogen (secondary N) is 1. The maximum Gasteiger partial charge on any atom is 0.224 e. The van der Waals surface area contributed by atoms with Gasteiger partial charge in [0.15, 0.2) is 5.82 Å². The molecular weight excluding hydrogens is 345 g/mol. The van der Waals surface area contributed by atoms with Crippen molar-refractivity contribution in [3.05, 3.63) is 60.2 Å². The summed E-state index contributed by atoms with van der Waals surface area (Å²) < 4.78 is 14.7. The topological polar surface area (TPSA) is 84.9 Å². The van der Waals surface area contributed by atoms with Crippen molar-refractivity contribution < 1.29 is 4.39 Å². The summed E-state index contributed by atoms with van der Waals surface area (Å²) in [5.41, 5.74) is 6.99. The van der Waals surface area contributed by atoms with Crippen LogP contribution in [0.3, 0.4) is 0 Å². The highest BCUT2D eigenvalue weighted by molar-refractivity contribution is 5.46. The molecule has 1 fully saturated rings. The molecule has 27 heavy (non-hydrogen) atoms. The highest BCUT2D eigenvalue weighted by Gasteiger charge is 2.20. The predicted octanol–water partition coefficient (Wildman–Crippen LogP) is 2.46. The van der Waals surface area contributed by atoms with Crippen LogP contribution in [0.15, 0.2) is 48.8 Å². The van der Waals surface area contributed by atoms with Crippen LogP contribution in [0.1, 0.15) is 18.4 Å². The fourth-order valence-corrected chi connectivity index (χ4v) is 3.34. The van der Waals surface area contributed by atoms with Crippen LogP contribution in [0.25, 0.3) is 5.82 Å². The van der Waals surface area contributed by atoms with Crippen molar-refractivity contribution >= 4 is 11.8 Å². The molecule has 1 aromatic carbocycles. The summed E-state index contributed by atoms with van der Waals surface area (Å²) in [6, 6.07) is 10.7. The Morgan fingerprint density at radius 1 is 1.15 bits per heavy atom. The SMILES string of the molecule is Nc1nc(NC2CCN(Cc3ccc(F)cc3)CC2)cc(-n2cccn2)n1. The Morgan fingerprint density at radius 2 is 1.93 bits per heavy atom. The first-order chi connectivity index (χ1) is 13.2. The van der Waals surface area contributed by atoms with Gasteiger partial charge in [0.05, 0.1) is 0 Å². The quantitative estimate of drug-likeness (QED) is 0.721. The van der Waals surface area contributed by atoms with Crippen molar-refractivity contribution in [3.63, 3.8) is 0 Å². The molecule has 1 aliphatic rings. The fourth-order valence-electron chi connectivity index (χ4n) is 3.34. The first kappa shape index (κ1) is 17.4. The highest BCUT2D eigenvalue weighted by Crippen LogP contribution is 2.19. The van der Waals surface area contributed by atoms with Gasteiger partial charge in [-0.1, -0.05) is 12.1 Å². The van der Waals surface area contributed by atoms with E-state index in [4.69, 9.17) is 5.73 Å². The van der Waals surface area contributed by atoms with Crippen molar-refractivity contribution in [2.45, 2.75) is 25.4 Å². The smallest absolute Gasteiger partial charge is 0.224 e. The molecule has 0 amide bonds. The van der Waals surface area contributed by atoms with Crippen LogP contribution in [0, 0.1) is 5.82 Å². The molecule has 0 bridgehead atoms. The molecule has 0 spiro atoms. The van der Waals surface area contributed by atoms with Crippen LogP contribution >= 0.6 is 0 Å². The average molecular weight is 367 g/mol. The van der Waals surface area contributed by atoms with Crippen molar-refractivity contribution in [3.8, 4) is 5.82 Å². The van der Waals surface area contributed by atoms with Gasteiger partial charge in [0.1, 0.15) is 11.6 Å². The molecule has 3 heterocycles. The standard InChI is InChI=1S/C19H22FN7/c20-15-4-2-14(3-5-15)13-26-10-6-16(7-11-26)23-17-12-18(25-19(21)24-17)27-9-1-8-22-27/h1-5,8-9,12,16H,6-7,10-11,13H2,(H3,21,23,24,25). The second-order valence-corrected chi connectivity index (χ2v) is 6.74. The van der Waals surface area contributed by atoms with Gasteiger partial charge in [-0.3, -0.25) is 4.90 Å². The number of hydrogen-bond donors (Lipinski definition) is 2. The van der Waals surface area contributed by atoms with Gasteiger partial charge < -0.3 is 11.1 Å². The van der Waals surface area contributed by atoms with Crippen LogP contribution in [0.2, 0.25) is 0 Å². The van der Waals surface area contributed by atoms with E-state index in [1.54, 1.807) is 10.9 Å². The Kier molecular flexibility index (Phi) is 4.97. The Bertz CT molecular complexity index is 872. The van der Waals surface area contributed by atoms with Gasteiger partial charge in [-0.25, -0.2) is 9.07 Å². The van der Waals surface area contributed by atoms with E-state index in [2.05, 4.69) is 25.3 Å². The van der Waals surface area contributed by atoms with E-state index in [-0.39, 0.29) is 11.8 Å². The number of rotatable bonds is 5. The lowest BCUT2D eigenvalue weighted by Gasteiger charge is -2.32. The molecule has 0 saturated carbocycles. The first-order valence-corrected chi connectivity index (χ1v) is 9.03. The maximum atomic E-state index is 13.0. The van der Waals surface area contributed by atoms with Gasteiger partial charge in [0.2, 0.25) is 5.95 Å². The zero-order chi connectivity index (χ0) is 18.6. The summed E-state index contributed by atoms with van der Waals surface area (Å²) in [6.07, 6.45) is 5.52. The summed E-state index contributed by atoms with van der Waals surface area (Å²) in [6.45, 7) is 2.79. The number of nitrogens with two attached hydrogens (primary N) is 1. The summed E-state index contributed by atoms with van der Waals surface area (Å²) in [7, 11) is 0. The van der Waals surface area contributed by atoms with Gasteiger partial charge >= 0.3 is 0 Å². The van der Waals surface area contributed by atoms with E-state index in [0.717, 1.165) is 38.0 Å². The monoisotopic (exact) mass is 367 g/mol. The van der Waals surface area contributed by atoms with Crippen LogP contribution in [0.4, 0.5) is 16.2 Å². The number of nitrogens with zero attached hydrogens (tertiary/aromatic N) is 5. The Labute approximate surface area is 157 Å². The molecule has 3 N–H and O–H groups in total. The number of hydrogen-bond acceptors (Lipinski definition) is 6. The minimum atomic E-state index is -0.194. The highest BCUT2D eigenvalue weighted by atomic mass is 19.1. The molecule has 1 aliphatic heterocycles. The molecule has 140 valence electrons. The molecule has 0 atom stereocenters. The van der Waals surface area contributed by atoms with Crippen molar-refractivity contribution in [1.29, 1.82) is 0 Å². The fraction of sp³-hybridized carbons (Fsp3) is 0.316. The van der Waals surface area contributed by atoms with E-state index >= 15 is 0 Å². The third-order valence-corrected chi connectivity index (χ3v) is 4.73. The summed E-state index contributed by atoms with van der Waals surface area (Å²) in [5.74, 6) is 1.38. The number of halogens is 1. The third kappa shape index (κ3) is 4.40. The normalized spacial score (nSPS) is 15.7. The van der Waals surface area contributed by atoms with Crippen molar-refractivity contribution in [2.24, 2.45) is 0 Å². The third-order valence-electron chi connectivity index (χ3n) is 4.73. The number of benzene rings is 1. The average Bonchev–Trinajstić information content (AvgIpc) is 3.20. The lowest BCUT2D eigenvalue weighted by Crippen LogP contribution is -2.38. The summed E-state index contributed by atoms with van der Waals surface area (Å²) >= 11 is 0. The van der Waals surface area contributed by atoms with Gasteiger partial charge in [-0.05, 0) is 36.6 Å². The van der Waals surface area contributed by atoms with E-state index in [0.29, 0.717) is 17.7 Å². The zero-order valence-corrected chi connectivity index (χ0v) is 14.9. The first-order valence-electron chi connectivity index (χ1n) is 9.03. The van der Waals surface area contributed by atoms with Gasteiger partial charge in [-0.2, -0.15) is 15.1 Å². The molecular formula is C19H22FN7.